The van der Waals surface area contributed by atoms with Gasteiger partial charge in [-0.15, -0.1) is 0 Å². The minimum absolute atomic E-state index is 0.171. The van der Waals surface area contributed by atoms with Crippen molar-refractivity contribution in [3.05, 3.63) is 53.3 Å². The second-order valence-corrected chi connectivity index (χ2v) is 5.68. The highest BCUT2D eigenvalue weighted by molar-refractivity contribution is 5.93. The zero-order valence-corrected chi connectivity index (χ0v) is 13.1. The second-order valence-electron chi connectivity index (χ2n) is 5.68. The van der Waals surface area contributed by atoms with Crippen LogP contribution in [-0.2, 0) is 13.0 Å². The molecular weight excluding hydrogens is 290 g/mol. The Labute approximate surface area is 133 Å². The number of para-hydroxylation sites is 1. The molecular formula is C17H17N5O. The van der Waals surface area contributed by atoms with E-state index in [1.165, 1.54) is 5.56 Å². The molecule has 6 heteroatoms. The van der Waals surface area contributed by atoms with Crippen LogP contribution < -0.4 is 5.32 Å². The molecule has 0 bridgehead atoms. The van der Waals surface area contributed by atoms with Crippen molar-refractivity contribution in [2.45, 2.75) is 19.9 Å². The lowest BCUT2D eigenvalue weighted by Gasteiger charge is -2.17. The highest BCUT2D eigenvalue weighted by atomic mass is 16.1. The van der Waals surface area contributed by atoms with Gasteiger partial charge >= 0.3 is 0 Å². The molecule has 3 aromatic rings. The van der Waals surface area contributed by atoms with Crippen molar-refractivity contribution in [1.82, 2.24) is 24.9 Å². The predicted octanol–water partition coefficient (Wildman–Crippen LogP) is 1.96. The molecule has 0 saturated heterocycles. The maximum absolute atomic E-state index is 11.9. The quantitative estimate of drug-likeness (QED) is 0.787. The number of nitrogens with zero attached hydrogens (tertiary/aromatic N) is 4. The summed E-state index contributed by atoms with van der Waals surface area (Å²) in [5.74, 6) is -0.171. The standard InChI is InChI=1S/C17H17N5O/c1-11-5-3-4-6-14(11)22-16-12(10-19-22)7-8-21-15(16)9-13(20-21)17(23)18-2/h3-6,9-10H,7-8H2,1-2H3,(H,18,23). The zero-order chi connectivity index (χ0) is 16.0. The van der Waals surface area contributed by atoms with Crippen LogP contribution in [0.2, 0.25) is 0 Å². The number of aryl methyl sites for hydroxylation is 3. The Morgan fingerprint density at radius 1 is 1.30 bits per heavy atom. The van der Waals surface area contributed by atoms with E-state index in [9.17, 15) is 4.79 Å². The lowest BCUT2D eigenvalue weighted by Crippen LogP contribution is -2.19. The van der Waals surface area contributed by atoms with E-state index < -0.39 is 0 Å². The smallest absolute Gasteiger partial charge is 0.271 e. The number of hydrogen-bond acceptors (Lipinski definition) is 3. The van der Waals surface area contributed by atoms with Crippen LogP contribution in [0.5, 0.6) is 0 Å². The van der Waals surface area contributed by atoms with Gasteiger partial charge in [-0.2, -0.15) is 10.2 Å². The van der Waals surface area contributed by atoms with Crippen LogP contribution in [-0.4, -0.2) is 32.5 Å². The van der Waals surface area contributed by atoms with E-state index in [0.29, 0.717) is 5.69 Å². The summed E-state index contributed by atoms with van der Waals surface area (Å²) in [6.45, 7) is 2.83. The van der Waals surface area contributed by atoms with Gasteiger partial charge in [-0.3, -0.25) is 9.48 Å². The number of carbonyl (C=O) groups is 1. The van der Waals surface area contributed by atoms with Crippen molar-refractivity contribution in [3.8, 4) is 17.1 Å². The monoisotopic (exact) mass is 307 g/mol. The molecule has 116 valence electrons. The summed E-state index contributed by atoms with van der Waals surface area (Å²) in [5.41, 5.74) is 5.78. The van der Waals surface area contributed by atoms with E-state index in [1.54, 1.807) is 7.05 Å². The molecule has 6 nitrogen and oxygen atoms in total. The number of carbonyl (C=O) groups excluding carboxylic acids is 1. The van der Waals surface area contributed by atoms with Crippen molar-refractivity contribution in [3.63, 3.8) is 0 Å². The van der Waals surface area contributed by atoms with Crippen molar-refractivity contribution in [2.75, 3.05) is 7.05 Å². The van der Waals surface area contributed by atoms with Crippen LogP contribution in [0.15, 0.2) is 36.5 Å². The Morgan fingerprint density at radius 3 is 2.91 bits per heavy atom. The molecule has 2 aromatic heterocycles. The predicted molar refractivity (Wildman–Crippen MR) is 86.6 cm³/mol. The third kappa shape index (κ3) is 2.06. The summed E-state index contributed by atoms with van der Waals surface area (Å²) in [6.07, 6.45) is 2.78. The maximum atomic E-state index is 11.9. The number of aromatic nitrogens is 4. The number of amides is 1. The van der Waals surface area contributed by atoms with Crippen LogP contribution in [0.25, 0.3) is 17.1 Å². The fourth-order valence-corrected chi connectivity index (χ4v) is 3.07. The number of rotatable bonds is 2. The topological polar surface area (TPSA) is 64.7 Å². The van der Waals surface area contributed by atoms with Crippen molar-refractivity contribution >= 4 is 5.91 Å². The molecule has 4 rings (SSSR count). The highest BCUT2D eigenvalue weighted by Gasteiger charge is 2.25. The lowest BCUT2D eigenvalue weighted by molar-refractivity contribution is 0.0957. The minimum Gasteiger partial charge on any atom is -0.354 e. The highest BCUT2D eigenvalue weighted by Crippen LogP contribution is 2.32. The van der Waals surface area contributed by atoms with E-state index in [4.69, 9.17) is 0 Å². The SMILES string of the molecule is CNC(=O)c1cc2n(n1)CCc1cnn(-c3ccccc3C)c1-2. The summed E-state index contributed by atoms with van der Waals surface area (Å²) >= 11 is 0. The van der Waals surface area contributed by atoms with Gasteiger partial charge in [-0.1, -0.05) is 18.2 Å². The van der Waals surface area contributed by atoms with Crippen molar-refractivity contribution in [2.24, 2.45) is 0 Å². The minimum atomic E-state index is -0.171. The molecule has 1 N–H and O–H groups in total. The zero-order valence-electron chi connectivity index (χ0n) is 13.1. The van der Waals surface area contributed by atoms with Crippen LogP contribution in [0, 0.1) is 6.92 Å². The Bertz CT molecular complexity index is 906. The molecule has 1 amide bonds. The molecule has 3 heterocycles. The van der Waals surface area contributed by atoms with Crippen LogP contribution in [0.1, 0.15) is 21.6 Å². The first-order valence-electron chi connectivity index (χ1n) is 7.62. The molecule has 0 spiro atoms. The van der Waals surface area contributed by atoms with Gasteiger partial charge in [0.25, 0.3) is 5.91 Å². The van der Waals surface area contributed by atoms with Gasteiger partial charge < -0.3 is 5.32 Å². The lowest BCUT2D eigenvalue weighted by atomic mass is 10.1. The van der Waals surface area contributed by atoms with E-state index >= 15 is 0 Å². The third-order valence-electron chi connectivity index (χ3n) is 4.26. The molecule has 0 unspecified atom stereocenters. The second kappa shape index (κ2) is 5.08. The summed E-state index contributed by atoms with van der Waals surface area (Å²) < 4.78 is 3.84. The molecule has 1 aliphatic rings. The summed E-state index contributed by atoms with van der Waals surface area (Å²) in [6, 6.07) is 9.99. The normalized spacial score (nSPS) is 12.6. The molecule has 0 fully saturated rings. The number of nitrogens with one attached hydrogen (secondary N) is 1. The molecule has 0 saturated carbocycles. The van der Waals surface area contributed by atoms with E-state index in [2.05, 4.69) is 34.6 Å². The van der Waals surface area contributed by atoms with Gasteiger partial charge in [0.1, 0.15) is 0 Å². The molecule has 0 aliphatic carbocycles. The van der Waals surface area contributed by atoms with E-state index in [1.807, 2.05) is 33.8 Å². The summed E-state index contributed by atoms with van der Waals surface area (Å²) in [7, 11) is 1.61. The van der Waals surface area contributed by atoms with Crippen LogP contribution in [0.3, 0.4) is 0 Å². The van der Waals surface area contributed by atoms with Gasteiger partial charge in [-0.05, 0) is 31.0 Å². The molecule has 23 heavy (non-hydrogen) atoms. The Morgan fingerprint density at radius 2 is 2.13 bits per heavy atom. The Balaban J connectivity index is 1.91. The fraction of sp³-hybridized carbons (Fsp3) is 0.235. The van der Waals surface area contributed by atoms with Gasteiger partial charge in [0, 0.05) is 19.2 Å². The molecule has 0 radical (unpaired) electrons. The maximum Gasteiger partial charge on any atom is 0.271 e. The van der Waals surface area contributed by atoms with Gasteiger partial charge in [0.05, 0.1) is 23.3 Å². The average molecular weight is 307 g/mol. The molecule has 0 atom stereocenters. The average Bonchev–Trinajstić information content (AvgIpc) is 3.17. The van der Waals surface area contributed by atoms with Crippen molar-refractivity contribution < 1.29 is 4.79 Å². The third-order valence-corrected chi connectivity index (χ3v) is 4.26. The van der Waals surface area contributed by atoms with Crippen molar-refractivity contribution in [1.29, 1.82) is 0 Å². The van der Waals surface area contributed by atoms with Gasteiger partial charge in [0.15, 0.2) is 5.69 Å². The fourth-order valence-electron chi connectivity index (χ4n) is 3.07. The molecule has 1 aromatic carbocycles. The Kier molecular flexibility index (Phi) is 3.04. The first-order valence-corrected chi connectivity index (χ1v) is 7.62. The molecule has 1 aliphatic heterocycles. The van der Waals surface area contributed by atoms with Crippen LogP contribution >= 0.6 is 0 Å². The first kappa shape index (κ1) is 13.8. The van der Waals surface area contributed by atoms with Gasteiger partial charge in [0.2, 0.25) is 0 Å². The van der Waals surface area contributed by atoms with Gasteiger partial charge in [-0.25, -0.2) is 4.68 Å². The van der Waals surface area contributed by atoms with E-state index in [0.717, 1.165) is 35.6 Å². The first-order chi connectivity index (χ1) is 11.2. The largest absolute Gasteiger partial charge is 0.354 e. The Hall–Kier alpha value is -2.89. The number of fused-ring (bicyclic) bond motifs is 3. The summed E-state index contributed by atoms with van der Waals surface area (Å²) in [4.78, 5) is 11.9. The summed E-state index contributed by atoms with van der Waals surface area (Å²) in [5, 5.41) is 11.6. The number of hydrogen-bond donors (Lipinski definition) is 1. The van der Waals surface area contributed by atoms with Crippen LogP contribution in [0.4, 0.5) is 0 Å². The van der Waals surface area contributed by atoms with E-state index in [-0.39, 0.29) is 5.91 Å². The number of benzene rings is 1.